The van der Waals surface area contributed by atoms with Crippen LogP contribution in [0.25, 0.3) is 0 Å². The van der Waals surface area contributed by atoms with Crippen LogP contribution in [-0.4, -0.2) is 11.4 Å². The quantitative estimate of drug-likeness (QED) is 0.871. The molecule has 1 aromatic carbocycles. The summed E-state index contributed by atoms with van der Waals surface area (Å²) in [6.07, 6.45) is 1.35. The van der Waals surface area contributed by atoms with Crippen molar-refractivity contribution in [2.45, 2.75) is 31.3 Å². The van der Waals surface area contributed by atoms with Crippen molar-refractivity contribution in [3.63, 3.8) is 0 Å². The molecule has 0 aromatic heterocycles. The van der Waals surface area contributed by atoms with Crippen LogP contribution in [0.4, 0.5) is 4.39 Å². The Kier molecular flexibility index (Phi) is 3.10. The number of amides is 1. The minimum absolute atomic E-state index is 0.246. The monoisotopic (exact) mass is 256 g/mol. The van der Waals surface area contributed by atoms with E-state index in [2.05, 4.69) is 5.32 Å². The van der Waals surface area contributed by atoms with Crippen molar-refractivity contribution in [1.82, 2.24) is 5.32 Å². The third-order valence-corrected chi connectivity index (χ3v) is 3.35. The molecule has 1 aromatic rings. The summed E-state index contributed by atoms with van der Waals surface area (Å²) in [6.45, 7) is 1.69. The molecular weight excluding hydrogens is 243 g/mol. The highest BCUT2D eigenvalue weighted by molar-refractivity contribution is 6.31. The first-order valence-corrected chi connectivity index (χ1v) is 5.85. The van der Waals surface area contributed by atoms with E-state index in [1.807, 2.05) is 0 Å². The predicted octanol–water partition coefficient (Wildman–Crippen LogP) is 2.15. The first-order valence-electron chi connectivity index (χ1n) is 5.48. The van der Waals surface area contributed by atoms with Crippen molar-refractivity contribution in [3.8, 4) is 0 Å². The average Bonchev–Trinajstić information content (AvgIpc) is 2.97. The number of nitrogens with two attached hydrogens (primary N) is 1. The van der Waals surface area contributed by atoms with E-state index in [9.17, 15) is 9.18 Å². The number of nitrogens with one attached hydrogen (secondary N) is 1. The molecule has 3 N–H and O–H groups in total. The van der Waals surface area contributed by atoms with E-state index in [1.165, 1.54) is 12.1 Å². The molecule has 0 spiro atoms. The first kappa shape index (κ1) is 12.3. The standard InChI is InChI=1S/C12H14ClFN2O/c1-7(16-11(17)12(15)5-6-12)10-8(13)3-2-4-9(10)14/h2-4,7H,5-6,15H2,1H3,(H,16,17). The molecule has 0 aliphatic heterocycles. The lowest BCUT2D eigenvalue weighted by atomic mass is 10.1. The lowest BCUT2D eigenvalue weighted by Crippen LogP contribution is -2.43. The number of hydrogen-bond donors (Lipinski definition) is 2. The van der Waals surface area contributed by atoms with Crippen LogP contribution in [0.3, 0.4) is 0 Å². The van der Waals surface area contributed by atoms with Crippen molar-refractivity contribution in [2.24, 2.45) is 5.73 Å². The summed E-state index contributed by atoms with van der Waals surface area (Å²) in [5.74, 6) is -0.670. The highest BCUT2D eigenvalue weighted by Gasteiger charge is 2.46. The zero-order valence-electron chi connectivity index (χ0n) is 9.47. The number of rotatable bonds is 3. The van der Waals surface area contributed by atoms with Crippen LogP contribution in [-0.2, 0) is 4.79 Å². The van der Waals surface area contributed by atoms with Gasteiger partial charge in [0.1, 0.15) is 5.82 Å². The number of halogens is 2. The minimum Gasteiger partial charge on any atom is -0.348 e. The molecule has 1 saturated carbocycles. The Bertz CT molecular complexity index is 440. The van der Waals surface area contributed by atoms with Gasteiger partial charge in [0.05, 0.1) is 11.6 Å². The van der Waals surface area contributed by atoms with Crippen LogP contribution >= 0.6 is 11.6 Å². The molecule has 0 saturated heterocycles. The molecule has 1 amide bonds. The van der Waals surface area contributed by atoms with Gasteiger partial charge in [0, 0.05) is 10.6 Å². The van der Waals surface area contributed by atoms with Crippen LogP contribution in [0.2, 0.25) is 5.02 Å². The third kappa shape index (κ3) is 2.42. The molecule has 92 valence electrons. The van der Waals surface area contributed by atoms with Gasteiger partial charge in [-0.25, -0.2) is 4.39 Å². The third-order valence-electron chi connectivity index (χ3n) is 3.02. The molecule has 0 bridgehead atoms. The molecule has 0 heterocycles. The lowest BCUT2D eigenvalue weighted by molar-refractivity contribution is -0.123. The first-order chi connectivity index (χ1) is 7.94. The number of carbonyl (C=O) groups is 1. The van der Waals surface area contributed by atoms with Gasteiger partial charge in [0.25, 0.3) is 0 Å². The second kappa shape index (κ2) is 4.27. The second-order valence-corrected chi connectivity index (χ2v) is 4.89. The number of benzene rings is 1. The average molecular weight is 257 g/mol. The maximum absolute atomic E-state index is 13.6. The fourth-order valence-corrected chi connectivity index (χ4v) is 2.03. The van der Waals surface area contributed by atoms with Crippen LogP contribution in [0.5, 0.6) is 0 Å². The van der Waals surface area contributed by atoms with Gasteiger partial charge in [0.2, 0.25) is 5.91 Å². The van der Waals surface area contributed by atoms with Crippen LogP contribution in [0, 0.1) is 5.82 Å². The van der Waals surface area contributed by atoms with E-state index in [4.69, 9.17) is 17.3 Å². The van der Waals surface area contributed by atoms with Crippen molar-refractivity contribution >= 4 is 17.5 Å². The molecule has 17 heavy (non-hydrogen) atoms. The topological polar surface area (TPSA) is 55.1 Å². The molecule has 5 heteroatoms. The van der Waals surface area contributed by atoms with Crippen molar-refractivity contribution in [2.75, 3.05) is 0 Å². The van der Waals surface area contributed by atoms with E-state index in [0.717, 1.165) is 0 Å². The molecule has 1 aliphatic carbocycles. The van der Waals surface area contributed by atoms with Gasteiger partial charge in [-0.3, -0.25) is 4.79 Å². The Hall–Kier alpha value is -1.13. The summed E-state index contributed by atoms with van der Waals surface area (Å²) in [6, 6.07) is 3.95. The normalized spacial score (nSPS) is 18.6. The molecule has 1 fully saturated rings. The zero-order chi connectivity index (χ0) is 12.6. The fourth-order valence-electron chi connectivity index (χ4n) is 1.70. The van der Waals surface area contributed by atoms with E-state index in [1.54, 1.807) is 13.0 Å². The Morgan fingerprint density at radius 2 is 2.24 bits per heavy atom. The molecule has 1 unspecified atom stereocenters. The van der Waals surface area contributed by atoms with Gasteiger partial charge in [-0.2, -0.15) is 0 Å². The number of hydrogen-bond acceptors (Lipinski definition) is 2. The van der Waals surface area contributed by atoms with E-state index in [-0.39, 0.29) is 5.91 Å². The van der Waals surface area contributed by atoms with E-state index >= 15 is 0 Å². The Labute approximate surface area is 104 Å². The summed E-state index contributed by atoms with van der Waals surface area (Å²) in [5, 5.41) is 3.00. The summed E-state index contributed by atoms with van der Waals surface area (Å²) in [7, 11) is 0. The fraction of sp³-hybridized carbons (Fsp3) is 0.417. The maximum atomic E-state index is 13.6. The Balaban J connectivity index is 2.14. The number of carbonyl (C=O) groups excluding carboxylic acids is 1. The van der Waals surface area contributed by atoms with Crippen LogP contribution in [0.1, 0.15) is 31.4 Å². The largest absolute Gasteiger partial charge is 0.348 e. The highest BCUT2D eigenvalue weighted by Crippen LogP contribution is 2.33. The summed E-state index contributed by atoms with van der Waals surface area (Å²) in [5.41, 5.74) is 5.29. The summed E-state index contributed by atoms with van der Waals surface area (Å²) < 4.78 is 13.6. The van der Waals surface area contributed by atoms with Crippen LogP contribution in [0.15, 0.2) is 18.2 Å². The van der Waals surface area contributed by atoms with Gasteiger partial charge in [-0.1, -0.05) is 17.7 Å². The SMILES string of the molecule is CC(NC(=O)C1(N)CC1)c1c(F)cccc1Cl. The predicted molar refractivity (Wildman–Crippen MR) is 64.1 cm³/mol. The summed E-state index contributed by atoms with van der Waals surface area (Å²) >= 11 is 5.92. The molecule has 2 rings (SSSR count). The van der Waals surface area contributed by atoms with Crippen molar-refractivity contribution < 1.29 is 9.18 Å². The van der Waals surface area contributed by atoms with Crippen LogP contribution < -0.4 is 11.1 Å². The molecule has 0 radical (unpaired) electrons. The second-order valence-electron chi connectivity index (χ2n) is 4.49. The van der Waals surface area contributed by atoms with Gasteiger partial charge in [-0.15, -0.1) is 0 Å². The van der Waals surface area contributed by atoms with E-state index in [0.29, 0.717) is 23.4 Å². The van der Waals surface area contributed by atoms with Gasteiger partial charge in [-0.05, 0) is 31.9 Å². The smallest absolute Gasteiger partial charge is 0.240 e. The van der Waals surface area contributed by atoms with E-state index < -0.39 is 17.4 Å². The lowest BCUT2D eigenvalue weighted by Gasteiger charge is -2.18. The van der Waals surface area contributed by atoms with Crippen molar-refractivity contribution in [3.05, 3.63) is 34.6 Å². The Morgan fingerprint density at radius 3 is 2.76 bits per heavy atom. The zero-order valence-corrected chi connectivity index (χ0v) is 10.2. The van der Waals surface area contributed by atoms with Gasteiger partial charge < -0.3 is 11.1 Å². The maximum Gasteiger partial charge on any atom is 0.240 e. The molecule has 3 nitrogen and oxygen atoms in total. The molecule has 1 aliphatic rings. The minimum atomic E-state index is -0.758. The molecular formula is C12H14ClFN2O. The molecule has 1 atom stereocenters. The highest BCUT2D eigenvalue weighted by atomic mass is 35.5. The van der Waals surface area contributed by atoms with Crippen molar-refractivity contribution in [1.29, 1.82) is 0 Å². The summed E-state index contributed by atoms with van der Waals surface area (Å²) in [4.78, 5) is 11.7. The van der Waals surface area contributed by atoms with Gasteiger partial charge >= 0.3 is 0 Å². The Morgan fingerprint density at radius 1 is 1.59 bits per heavy atom. The van der Waals surface area contributed by atoms with Gasteiger partial charge in [0.15, 0.2) is 0 Å².